The van der Waals surface area contributed by atoms with E-state index in [1.807, 2.05) is 0 Å². The quantitative estimate of drug-likeness (QED) is 0.675. The third-order valence-electron chi connectivity index (χ3n) is 3.57. The first-order valence-corrected chi connectivity index (χ1v) is 8.77. The summed E-state index contributed by atoms with van der Waals surface area (Å²) in [5.74, 6) is -2.15. The fourth-order valence-corrected chi connectivity index (χ4v) is 3.17. The van der Waals surface area contributed by atoms with Crippen LogP contribution in [0.4, 0.5) is 13.9 Å². The number of hydrogen-bond donors (Lipinski definition) is 2. The summed E-state index contributed by atoms with van der Waals surface area (Å²) in [7, 11) is 0. The molecule has 0 spiro atoms. The summed E-state index contributed by atoms with van der Waals surface area (Å²) in [5, 5.41) is 5.43. The number of aromatic nitrogens is 1. The minimum absolute atomic E-state index is 0.105. The number of furan rings is 1. The summed E-state index contributed by atoms with van der Waals surface area (Å²) < 4.78 is 31.5. The van der Waals surface area contributed by atoms with Crippen LogP contribution in [0, 0.1) is 11.6 Å². The molecule has 9 heteroatoms. The Morgan fingerprint density at radius 1 is 1.26 bits per heavy atom. The van der Waals surface area contributed by atoms with E-state index in [-0.39, 0.29) is 12.2 Å². The van der Waals surface area contributed by atoms with Gasteiger partial charge in [0.05, 0.1) is 6.26 Å². The van der Waals surface area contributed by atoms with Gasteiger partial charge in [-0.15, -0.1) is 11.3 Å². The molecule has 1 aromatic carbocycles. The number of thiazole rings is 1. The summed E-state index contributed by atoms with van der Waals surface area (Å²) in [6.45, 7) is 1.53. The fourth-order valence-electron chi connectivity index (χ4n) is 2.32. The molecule has 27 heavy (non-hydrogen) atoms. The Labute approximate surface area is 157 Å². The maximum Gasteiger partial charge on any atom is 0.287 e. The lowest BCUT2D eigenvalue weighted by molar-refractivity contribution is -0.117. The Bertz CT molecular complexity index is 936. The Hall–Kier alpha value is -3.07. The van der Waals surface area contributed by atoms with E-state index >= 15 is 0 Å². The van der Waals surface area contributed by atoms with Crippen LogP contribution in [0.15, 0.2) is 47.2 Å². The zero-order valence-corrected chi connectivity index (χ0v) is 15.0. The van der Waals surface area contributed by atoms with Gasteiger partial charge in [-0.1, -0.05) is 0 Å². The van der Waals surface area contributed by atoms with Crippen molar-refractivity contribution in [3.8, 4) is 0 Å². The molecule has 2 aromatic heterocycles. The molecule has 0 saturated heterocycles. The third kappa shape index (κ3) is 4.98. The summed E-state index contributed by atoms with van der Waals surface area (Å²) in [5.41, 5.74) is 0.466. The highest BCUT2D eigenvalue weighted by molar-refractivity contribution is 7.15. The molecule has 0 aliphatic carbocycles. The van der Waals surface area contributed by atoms with Crippen LogP contribution in [0.2, 0.25) is 0 Å². The molecule has 2 heterocycles. The van der Waals surface area contributed by atoms with Crippen molar-refractivity contribution in [3.63, 3.8) is 0 Å². The van der Waals surface area contributed by atoms with Crippen LogP contribution in [0.5, 0.6) is 0 Å². The molecule has 2 amide bonds. The van der Waals surface area contributed by atoms with Crippen molar-refractivity contribution in [1.82, 2.24) is 10.3 Å². The van der Waals surface area contributed by atoms with E-state index in [0.717, 1.165) is 10.9 Å². The average molecular weight is 391 g/mol. The monoisotopic (exact) mass is 391 g/mol. The molecule has 2 N–H and O–H groups in total. The second kappa shape index (κ2) is 8.09. The highest BCUT2D eigenvalue weighted by Crippen LogP contribution is 2.22. The van der Waals surface area contributed by atoms with Gasteiger partial charge in [-0.05, 0) is 36.8 Å². The average Bonchev–Trinajstić information content (AvgIpc) is 3.26. The van der Waals surface area contributed by atoms with Crippen molar-refractivity contribution in [3.05, 3.63) is 70.6 Å². The van der Waals surface area contributed by atoms with Gasteiger partial charge < -0.3 is 15.1 Å². The molecule has 6 nitrogen and oxygen atoms in total. The van der Waals surface area contributed by atoms with Gasteiger partial charge in [0.25, 0.3) is 5.91 Å². The Balaban J connectivity index is 1.58. The van der Waals surface area contributed by atoms with Gasteiger partial charge in [-0.3, -0.25) is 9.59 Å². The van der Waals surface area contributed by atoms with Gasteiger partial charge in [0.15, 0.2) is 10.9 Å². The number of nitrogens with one attached hydrogen (secondary N) is 2. The second-order valence-corrected chi connectivity index (χ2v) is 6.86. The number of rotatable bonds is 6. The first-order valence-electron chi connectivity index (χ1n) is 7.95. The molecule has 0 radical (unpaired) electrons. The van der Waals surface area contributed by atoms with Gasteiger partial charge in [-0.25, -0.2) is 13.8 Å². The van der Waals surface area contributed by atoms with Crippen molar-refractivity contribution in [2.45, 2.75) is 19.4 Å². The zero-order valence-electron chi connectivity index (χ0n) is 14.2. The van der Waals surface area contributed by atoms with Crippen LogP contribution >= 0.6 is 11.3 Å². The number of carbonyl (C=O) groups excluding carboxylic acids is 2. The lowest BCUT2D eigenvalue weighted by atomic mass is 10.1. The topological polar surface area (TPSA) is 84.2 Å². The van der Waals surface area contributed by atoms with E-state index in [2.05, 4.69) is 15.6 Å². The molecular formula is C18H15F2N3O3S. The lowest BCUT2D eigenvalue weighted by Gasteiger charge is -2.11. The van der Waals surface area contributed by atoms with Crippen molar-refractivity contribution in [1.29, 1.82) is 0 Å². The normalized spacial score (nSPS) is 11.8. The standard InChI is InChI=1S/C18H15F2N3O3S/c1-10(22-17(25)15-3-2-4-26-15)16(24)23-18-21-9-14(27-18)7-11-5-12(19)8-13(20)6-11/h2-6,8-10H,7H2,1H3,(H,22,25)(H,21,23,24)/t10-/m0/s1. The number of hydrogen-bond acceptors (Lipinski definition) is 5. The van der Waals surface area contributed by atoms with Gasteiger partial charge in [0, 0.05) is 23.6 Å². The van der Waals surface area contributed by atoms with Crippen molar-refractivity contribution in [2.75, 3.05) is 5.32 Å². The largest absolute Gasteiger partial charge is 0.459 e. The fraction of sp³-hybridized carbons (Fsp3) is 0.167. The van der Waals surface area contributed by atoms with Crippen LogP contribution in [0.1, 0.15) is 27.9 Å². The van der Waals surface area contributed by atoms with Gasteiger partial charge in [0.1, 0.15) is 17.7 Å². The highest BCUT2D eigenvalue weighted by atomic mass is 32.1. The predicted molar refractivity (Wildman–Crippen MR) is 95.5 cm³/mol. The molecule has 0 bridgehead atoms. The number of carbonyl (C=O) groups is 2. The second-order valence-electron chi connectivity index (χ2n) is 5.75. The number of benzene rings is 1. The van der Waals surface area contributed by atoms with Gasteiger partial charge in [0.2, 0.25) is 5.91 Å². The molecule has 140 valence electrons. The molecule has 3 aromatic rings. The smallest absolute Gasteiger partial charge is 0.287 e. The maximum atomic E-state index is 13.3. The molecule has 0 aliphatic heterocycles. The number of halogens is 2. The lowest BCUT2D eigenvalue weighted by Crippen LogP contribution is -2.41. The van der Waals surface area contributed by atoms with E-state index < -0.39 is 29.5 Å². The van der Waals surface area contributed by atoms with Crippen LogP contribution in [0.3, 0.4) is 0 Å². The molecule has 0 saturated carbocycles. The van der Waals surface area contributed by atoms with Crippen LogP contribution in [-0.4, -0.2) is 22.8 Å². The minimum Gasteiger partial charge on any atom is -0.459 e. The summed E-state index contributed by atoms with van der Waals surface area (Å²) >= 11 is 1.18. The molecule has 0 fully saturated rings. The van der Waals surface area contributed by atoms with E-state index in [4.69, 9.17) is 4.42 Å². The minimum atomic E-state index is -0.813. The van der Waals surface area contributed by atoms with E-state index in [9.17, 15) is 18.4 Å². The van der Waals surface area contributed by atoms with Crippen LogP contribution in [0.25, 0.3) is 0 Å². The van der Waals surface area contributed by atoms with Crippen molar-refractivity contribution in [2.24, 2.45) is 0 Å². The molecule has 0 unspecified atom stereocenters. The van der Waals surface area contributed by atoms with E-state index in [1.54, 1.807) is 6.07 Å². The predicted octanol–water partition coefficient (Wildman–Crippen LogP) is 3.36. The highest BCUT2D eigenvalue weighted by Gasteiger charge is 2.19. The number of amides is 2. The zero-order chi connectivity index (χ0) is 19.4. The number of nitrogens with zero attached hydrogens (tertiary/aromatic N) is 1. The summed E-state index contributed by atoms with van der Waals surface area (Å²) in [4.78, 5) is 28.9. The van der Waals surface area contributed by atoms with E-state index in [1.165, 1.54) is 48.9 Å². The van der Waals surface area contributed by atoms with Gasteiger partial charge >= 0.3 is 0 Å². The third-order valence-corrected chi connectivity index (χ3v) is 4.48. The molecule has 1 atom stereocenters. The first kappa shape index (κ1) is 18.7. The van der Waals surface area contributed by atoms with Crippen molar-refractivity contribution >= 4 is 28.3 Å². The Morgan fingerprint density at radius 2 is 2.00 bits per heavy atom. The molecular weight excluding hydrogens is 376 g/mol. The summed E-state index contributed by atoms with van der Waals surface area (Å²) in [6, 6.07) is 5.54. The van der Waals surface area contributed by atoms with Crippen molar-refractivity contribution < 1.29 is 22.8 Å². The van der Waals surface area contributed by atoms with Crippen LogP contribution in [-0.2, 0) is 11.2 Å². The van der Waals surface area contributed by atoms with Crippen LogP contribution < -0.4 is 10.6 Å². The van der Waals surface area contributed by atoms with E-state index in [0.29, 0.717) is 10.7 Å². The number of anilines is 1. The summed E-state index contributed by atoms with van der Waals surface area (Å²) in [6.07, 6.45) is 3.17. The van der Waals surface area contributed by atoms with Gasteiger partial charge in [-0.2, -0.15) is 0 Å². The molecule has 0 aliphatic rings. The maximum absolute atomic E-state index is 13.3. The SMILES string of the molecule is C[C@H](NC(=O)c1ccco1)C(=O)Nc1ncc(Cc2cc(F)cc(F)c2)s1. The Kier molecular flexibility index (Phi) is 5.60. The Morgan fingerprint density at radius 3 is 2.67 bits per heavy atom. The molecule has 3 rings (SSSR count). The first-order chi connectivity index (χ1) is 12.9.